The Kier molecular flexibility index (Phi) is 4.08. The molecule has 2 heterocycles. The maximum absolute atomic E-state index is 6.46. The zero-order valence-corrected chi connectivity index (χ0v) is 14.7. The minimum Gasteiger partial charge on any atom is -0.439 e. The molecular formula is C17H18BrN2OP. The van der Waals surface area contributed by atoms with Crippen LogP contribution in [0.3, 0.4) is 0 Å². The van der Waals surface area contributed by atoms with Crippen LogP contribution < -0.4 is 9.19 Å². The number of hydrogen-bond acceptors (Lipinski definition) is 3. The molecular weight excluding hydrogens is 359 g/mol. The highest BCUT2D eigenvalue weighted by molar-refractivity contribution is 9.10. The third-order valence-electron chi connectivity index (χ3n) is 4.23. The summed E-state index contributed by atoms with van der Waals surface area (Å²) in [7, 11) is -0.781. The van der Waals surface area contributed by atoms with Crippen LogP contribution in [0.25, 0.3) is 0 Å². The van der Waals surface area contributed by atoms with E-state index in [0.29, 0.717) is 6.04 Å². The molecule has 0 aromatic heterocycles. The smallest absolute Gasteiger partial charge is 0.279 e. The average molecular weight is 377 g/mol. The Morgan fingerprint density at radius 1 is 1.05 bits per heavy atom. The molecule has 2 atom stereocenters. The van der Waals surface area contributed by atoms with Crippen molar-refractivity contribution < 1.29 is 4.52 Å². The van der Waals surface area contributed by atoms with Gasteiger partial charge in [0.1, 0.15) is 5.75 Å². The highest BCUT2D eigenvalue weighted by Gasteiger charge is 2.45. The van der Waals surface area contributed by atoms with Crippen LogP contribution in [-0.4, -0.2) is 23.8 Å². The fraction of sp³-hybridized carbons (Fsp3) is 0.294. The van der Waals surface area contributed by atoms with Gasteiger partial charge in [-0.25, -0.2) is 4.67 Å². The van der Waals surface area contributed by atoms with E-state index < -0.39 is 8.45 Å². The van der Waals surface area contributed by atoms with E-state index >= 15 is 0 Å². The molecule has 3 nitrogen and oxygen atoms in total. The first kappa shape index (κ1) is 14.5. The van der Waals surface area contributed by atoms with Gasteiger partial charge in [-0.2, -0.15) is 0 Å². The highest BCUT2D eigenvalue weighted by atomic mass is 79.9. The number of benzene rings is 2. The fourth-order valence-corrected chi connectivity index (χ4v) is 5.90. The molecule has 0 aliphatic carbocycles. The quantitative estimate of drug-likeness (QED) is 0.697. The van der Waals surface area contributed by atoms with E-state index in [9.17, 15) is 0 Å². The second kappa shape index (κ2) is 6.19. The van der Waals surface area contributed by atoms with E-state index in [-0.39, 0.29) is 0 Å². The molecule has 22 heavy (non-hydrogen) atoms. The van der Waals surface area contributed by atoms with Crippen LogP contribution in [-0.2, 0) is 0 Å². The highest BCUT2D eigenvalue weighted by Crippen LogP contribution is 2.57. The summed E-state index contributed by atoms with van der Waals surface area (Å²) in [6, 6.07) is 19.4. The van der Waals surface area contributed by atoms with E-state index in [1.807, 2.05) is 24.3 Å². The van der Waals surface area contributed by atoms with Crippen LogP contribution in [0.2, 0.25) is 0 Å². The molecule has 1 unspecified atom stereocenters. The monoisotopic (exact) mass is 376 g/mol. The number of hydrogen-bond donors (Lipinski definition) is 0. The standard InChI is InChI=1S/C17H18BrN2OP/c18-16-10-4-5-11-17(16)21-22-19-12-6-9-15(19)13-20(22)14-7-2-1-3-8-14/h1-5,7-8,10-11,15H,6,9,12-13H2/t15-,22?/m0/s1. The number of nitrogens with zero attached hydrogens (tertiary/aromatic N) is 2. The Morgan fingerprint density at radius 2 is 1.82 bits per heavy atom. The molecule has 2 fully saturated rings. The molecule has 2 aliphatic rings. The van der Waals surface area contributed by atoms with Gasteiger partial charge < -0.3 is 9.19 Å². The van der Waals surface area contributed by atoms with Crippen molar-refractivity contribution in [2.24, 2.45) is 0 Å². The second-order valence-corrected chi connectivity index (χ2v) is 8.19. The minimum atomic E-state index is -0.781. The number of anilines is 1. The SMILES string of the molecule is Brc1ccccc1OP1N(c2ccccc2)C[C@@H]2CCCN21. The molecule has 0 radical (unpaired) electrons. The first-order valence-electron chi connectivity index (χ1n) is 7.64. The number of rotatable bonds is 3. The van der Waals surface area contributed by atoms with Gasteiger partial charge >= 0.3 is 0 Å². The first-order chi connectivity index (χ1) is 10.8. The lowest BCUT2D eigenvalue weighted by Crippen LogP contribution is -2.20. The third-order valence-corrected chi connectivity index (χ3v) is 7.02. The molecule has 2 aliphatic heterocycles. The average Bonchev–Trinajstić information content (AvgIpc) is 3.13. The molecule has 2 aromatic carbocycles. The van der Waals surface area contributed by atoms with Crippen LogP contribution >= 0.6 is 24.4 Å². The molecule has 2 aromatic rings. The van der Waals surface area contributed by atoms with Crippen molar-refractivity contribution in [1.82, 2.24) is 4.67 Å². The lowest BCUT2D eigenvalue weighted by atomic mass is 10.2. The van der Waals surface area contributed by atoms with Gasteiger partial charge in [-0.1, -0.05) is 30.3 Å². The van der Waals surface area contributed by atoms with Crippen molar-refractivity contribution in [3.8, 4) is 5.75 Å². The van der Waals surface area contributed by atoms with E-state index in [4.69, 9.17) is 4.52 Å². The minimum absolute atomic E-state index is 0.633. The summed E-state index contributed by atoms with van der Waals surface area (Å²) in [5.74, 6) is 0.932. The number of halogens is 1. The van der Waals surface area contributed by atoms with Crippen molar-refractivity contribution in [3.05, 3.63) is 59.1 Å². The van der Waals surface area contributed by atoms with Gasteiger partial charge in [0.25, 0.3) is 8.45 Å². The largest absolute Gasteiger partial charge is 0.439 e. The predicted molar refractivity (Wildman–Crippen MR) is 95.2 cm³/mol. The van der Waals surface area contributed by atoms with Crippen LogP contribution in [0.15, 0.2) is 59.1 Å². The fourth-order valence-electron chi connectivity index (χ4n) is 3.15. The van der Waals surface area contributed by atoms with Crippen LogP contribution in [0.4, 0.5) is 5.69 Å². The summed E-state index contributed by atoms with van der Waals surface area (Å²) in [5, 5.41) is 0. The summed E-state index contributed by atoms with van der Waals surface area (Å²) in [4.78, 5) is 0. The third kappa shape index (κ3) is 2.64. The van der Waals surface area contributed by atoms with Crippen molar-refractivity contribution in [2.75, 3.05) is 17.8 Å². The molecule has 114 valence electrons. The van der Waals surface area contributed by atoms with Crippen molar-refractivity contribution in [2.45, 2.75) is 18.9 Å². The summed E-state index contributed by atoms with van der Waals surface area (Å²) >= 11 is 3.60. The number of para-hydroxylation sites is 2. The van der Waals surface area contributed by atoms with Gasteiger partial charge in [0.15, 0.2) is 0 Å². The molecule has 2 saturated heterocycles. The predicted octanol–water partition coefficient (Wildman–Crippen LogP) is 5.04. The second-order valence-electron chi connectivity index (χ2n) is 5.65. The van der Waals surface area contributed by atoms with Gasteiger partial charge in [0.2, 0.25) is 0 Å². The zero-order chi connectivity index (χ0) is 14.9. The summed E-state index contributed by atoms with van der Waals surface area (Å²) in [5.41, 5.74) is 1.26. The normalized spacial score (nSPS) is 24.5. The van der Waals surface area contributed by atoms with Crippen LogP contribution in [0, 0.1) is 0 Å². The lowest BCUT2D eigenvalue weighted by Gasteiger charge is -2.29. The van der Waals surface area contributed by atoms with Crippen LogP contribution in [0.1, 0.15) is 12.8 Å². The number of fused-ring (bicyclic) bond motifs is 1. The molecule has 5 heteroatoms. The van der Waals surface area contributed by atoms with Crippen molar-refractivity contribution >= 4 is 30.1 Å². The topological polar surface area (TPSA) is 15.7 Å². The van der Waals surface area contributed by atoms with Gasteiger partial charge in [-0.05, 0) is 53.0 Å². The van der Waals surface area contributed by atoms with Crippen LogP contribution in [0.5, 0.6) is 5.75 Å². The maximum Gasteiger partial charge on any atom is 0.279 e. The molecule has 0 saturated carbocycles. The molecule has 4 rings (SSSR count). The summed E-state index contributed by atoms with van der Waals surface area (Å²) in [6.07, 6.45) is 2.56. The maximum atomic E-state index is 6.46. The Labute approximate surface area is 141 Å². The van der Waals surface area contributed by atoms with Crippen molar-refractivity contribution in [1.29, 1.82) is 0 Å². The van der Waals surface area contributed by atoms with Gasteiger partial charge in [0, 0.05) is 24.8 Å². The molecule has 0 bridgehead atoms. The zero-order valence-electron chi connectivity index (χ0n) is 12.2. The Morgan fingerprint density at radius 3 is 2.64 bits per heavy atom. The van der Waals surface area contributed by atoms with E-state index in [0.717, 1.165) is 23.3 Å². The van der Waals surface area contributed by atoms with Gasteiger partial charge in [0.05, 0.1) is 4.47 Å². The Balaban J connectivity index is 1.65. The molecule has 0 spiro atoms. The van der Waals surface area contributed by atoms with E-state index in [1.54, 1.807) is 0 Å². The summed E-state index contributed by atoms with van der Waals surface area (Å²) in [6.45, 7) is 2.21. The van der Waals surface area contributed by atoms with E-state index in [1.165, 1.54) is 18.5 Å². The lowest BCUT2D eigenvalue weighted by molar-refractivity contribution is 0.431. The first-order valence-corrected chi connectivity index (χ1v) is 9.60. The van der Waals surface area contributed by atoms with Gasteiger partial charge in [-0.15, -0.1) is 0 Å². The van der Waals surface area contributed by atoms with Gasteiger partial charge in [-0.3, -0.25) is 0 Å². The Hall–Kier alpha value is -1.09. The molecule has 0 amide bonds. The van der Waals surface area contributed by atoms with E-state index in [2.05, 4.69) is 55.6 Å². The summed E-state index contributed by atoms with van der Waals surface area (Å²) < 4.78 is 12.5. The Bertz CT molecular complexity index is 654. The molecule has 0 N–H and O–H groups in total. The van der Waals surface area contributed by atoms with Crippen molar-refractivity contribution in [3.63, 3.8) is 0 Å².